The van der Waals surface area contributed by atoms with Gasteiger partial charge < -0.3 is 15.3 Å². The molecule has 1 aromatic heterocycles. The number of aromatic nitrogens is 2. The number of carbonyl (C=O) groups is 1. The third-order valence-electron chi connectivity index (χ3n) is 3.92. The number of aliphatic hydroxyl groups is 1. The van der Waals surface area contributed by atoms with Gasteiger partial charge in [0.15, 0.2) is 0 Å². The van der Waals surface area contributed by atoms with Crippen LogP contribution in [0, 0.1) is 5.92 Å². The fourth-order valence-corrected chi connectivity index (χ4v) is 2.72. The molecule has 2 N–H and O–H groups in total. The molecule has 22 heavy (non-hydrogen) atoms. The molecule has 0 saturated carbocycles. The van der Waals surface area contributed by atoms with Crippen molar-refractivity contribution in [1.82, 2.24) is 15.3 Å². The number of aliphatic hydroxyl groups excluding tert-OH is 1. The molecule has 0 bridgehead atoms. The van der Waals surface area contributed by atoms with E-state index in [-0.39, 0.29) is 24.5 Å². The van der Waals surface area contributed by atoms with Gasteiger partial charge in [0.1, 0.15) is 12.1 Å². The molecule has 0 aliphatic carbocycles. The van der Waals surface area contributed by atoms with Gasteiger partial charge in [-0.1, -0.05) is 18.2 Å². The highest BCUT2D eigenvalue weighted by atomic mass is 16.3. The third kappa shape index (κ3) is 3.07. The quantitative estimate of drug-likeness (QED) is 0.869. The van der Waals surface area contributed by atoms with E-state index in [1.807, 2.05) is 24.3 Å². The normalized spacial score (nSPS) is 20.9. The second kappa shape index (κ2) is 6.53. The number of nitrogens with one attached hydrogen (secondary N) is 1. The SMILES string of the molecule is O=C(N[C@@H]1CN(c2ccncn2)C[C@H]1CO)c1ccccc1. The number of anilines is 1. The lowest BCUT2D eigenvalue weighted by Crippen LogP contribution is -2.41. The second-order valence-corrected chi connectivity index (χ2v) is 5.36. The number of amides is 1. The maximum atomic E-state index is 12.3. The molecule has 6 nitrogen and oxygen atoms in total. The summed E-state index contributed by atoms with van der Waals surface area (Å²) in [5, 5.41) is 12.6. The lowest BCUT2D eigenvalue weighted by molar-refractivity contribution is 0.0921. The minimum Gasteiger partial charge on any atom is -0.396 e. The number of hydrogen-bond donors (Lipinski definition) is 2. The second-order valence-electron chi connectivity index (χ2n) is 5.36. The molecule has 2 aromatic rings. The van der Waals surface area contributed by atoms with Crippen LogP contribution in [0.4, 0.5) is 5.82 Å². The number of benzene rings is 1. The molecule has 1 amide bonds. The van der Waals surface area contributed by atoms with E-state index < -0.39 is 0 Å². The van der Waals surface area contributed by atoms with Crippen molar-refractivity contribution >= 4 is 11.7 Å². The number of hydrogen-bond acceptors (Lipinski definition) is 5. The zero-order chi connectivity index (χ0) is 15.4. The van der Waals surface area contributed by atoms with Gasteiger partial charge >= 0.3 is 0 Å². The van der Waals surface area contributed by atoms with E-state index in [0.29, 0.717) is 18.7 Å². The van der Waals surface area contributed by atoms with Crippen LogP contribution in [0.2, 0.25) is 0 Å². The van der Waals surface area contributed by atoms with Gasteiger partial charge in [0.2, 0.25) is 0 Å². The minimum absolute atomic E-state index is 0.0115. The van der Waals surface area contributed by atoms with Crippen molar-refractivity contribution in [1.29, 1.82) is 0 Å². The molecule has 1 saturated heterocycles. The molecule has 0 radical (unpaired) electrons. The highest BCUT2D eigenvalue weighted by molar-refractivity contribution is 5.94. The Morgan fingerprint density at radius 2 is 2.09 bits per heavy atom. The zero-order valence-corrected chi connectivity index (χ0v) is 12.1. The average molecular weight is 298 g/mol. The first kappa shape index (κ1) is 14.5. The van der Waals surface area contributed by atoms with E-state index in [2.05, 4.69) is 20.2 Å². The first-order chi connectivity index (χ1) is 10.8. The zero-order valence-electron chi connectivity index (χ0n) is 12.1. The molecule has 3 rings (SSSR count). The van der Waals surface area contributed by atoms with Gasteiger partial charge in [-0.15, -0.1) is 0 Å². The Morgan fingerprint density at radius 1 is 1.27 bits per heavy atom. The van der Waals surface area contributed by atoms with E-state index in [9.17, 15) is 9.90 Å². The molecular weight excluding hydrogens is 280 g/mol. The van der Waals surface area contributed by atoms with E-state index >= 15 is 0 Å². The fourth-order valence-electron chi connectivity index (χ4n) is 2.72. The lowest BCUT2D eigenvalue weighted by atomic mass is 10.0. The Labute approximate surface area is 128 Å². The molecule has 0 spiro atoms. The Balaban J connectivity index is 1.69. The molecule has 1 aromatic carbocycles. The standard InChI is InChI=1S/C16H18N4O2/c21-10-13-8-20(15-6-7-17-11-18-15)9-14(13)19-16(22)12-4-2-1-3-5-12/h1-7,11,13-14,21H,8-10H2,(H,19,22)/t13-,14+/m0/s1. The molecule has 114 valence electrons. The maximum absolute atomic E-state index is 12.3. The van der Waals surface area contributed by atoms with Gasteiger partial charge in [-0.25, -0.2) is 9.97 Å². The van der Waals surface area contributed by atoms with Crippen LogP contribution in [0.5, 0.6) is 0 Å². The Bertz CT molecular complexity index is 621. The summed E-state index contributed by atoms with van der Waals surface area (Å²) in [7, 11) is 0. The summed E-state index contributed by atoms with van der Waals surface area (Å²) in [5.41, 5.74) is 0.625. The van der Waals surface area contributed by atoms with E-state index in [0.717, 1.165) is 5.82 Å². The van der Waals surface area contributed by atoms with Crippen molar-refractivity contribution in [3.63, 3.8) is 0 Å². The van der Waals surface area contributed by atoms with Crippen LogP contribution < -0.4 is 10.2 Å². The van der Waals surface area contributed by atoms with Crippen molar-refractivity contribution in [2.45, 2.75) is 6.04 Å². The van der Waals surface area contributed by atoms with Crippen molar-refractivity contribution in [2.24, 2.45) is 5.92 Å². The van der Waals surface area contributed by atoms with Crippen LogP contribution in [0.25, 0.3) is 0 Å². The maximum Gasteiger partial charge on any atom is 0.251 e. The first-order valence-corrected chi connectivity index (χ1v) is 7.25. The molecule has 0 unspecified atom stereocenters. The van der Waals surface area contributed by atoms with Crippen molar-refractivity contribution in [2.75, 3.05) is 24.6 Å². The predicted octanol–water partition coefficient (Wildman–Crippen LogP) is 0.704. The third-order valence-corrected chi connectivity index (χ3v) is 3.92. The van der Waals surface area contributed by atoms with Gasteiger partial charge in [0.05, 0.1) is 6.04 Å². The van der Waals surface area contributed by atoms with Crippen LogP contribution in [-0.2, 0) is 0 Å². The van der Waals surface area contributed by atoms with Crippen LogP contribution in [0.3, 0.4) is 0 Å². The van der Waals surface area contributed by atoms with E-state index in [1.165, 1.54) is 6.33 Å². The van der Waals surface area contributed by atoms with Crippen molar-refractivity contribution in [3.8, 4) is 0 Å². The molecule has 1 aliphatic rings. The fraction of sp³-hybridized carbons (Fsp3) is 0.312. The van der Waals surface area contributed by atoms with Gasteiger partial charge in [0, 0.05) is 37.4 Å². The molecule has 2 heterocycles. The number of nitrogens with zero attached hydrogens (tertiary/aromatic N) is 3. The monoisotopic (exact) mass is 298 g/mol. The Kier molecular flexibility index (Phi) is 4.29. The summed E-state index contributed by atoms with van der Waals surface area (Å²) in [6, 6.07) is 10.8. The van der Waals surface area contributed by atoms with Gasteiger partial charge in [-0.3, -0.25) is 4.79 Å². The van der Waals surface area contributed by atoms with Gasteiger partial charge in [-0.05, 0) is 18.2 Å². The summed E-state index contributed by atoms with van der Waals surface area (Å²) in [6.07, 6.45) is 3.19. The molecular formula is C16H18N4O2. The minimum atomic E-state index is -0.117. The summed E-state index contributed by atoms with van der Waals surface area (Å²) in [6.45, 7) is 1.31. The van der Waals surface area contributed by atoms with E-state index in [1.54, 1.807) is 18.3 Å². The highest BCUT2D eigenvalue weighted by Crippen LogP contribution is 2.22. The van der Waals surface area contributed by atoms with Crippen molar-refractivity contribution in [3.05, 3.63) is 54.5 Å². The molecule has 6 heteroatoms. The van der Waals surface area contributed by atoms with Crippen LogP contribution in [0.15, 0.2) is 48.9 Å². The van der Waals surface area contributed by atoms with Crippen LogP contribution >= 0.6 is 0 Å². The molecule has 1 aliphatic heterocycles. The highest BCUT2D eigenvalue weighted by Gasteiger charge is 2.34. The van der Waals surface area contributed by atoms with Gasteiger partial charge in [-0.2, -0.15) is 0 Å². The summed E-state index contributed by atoms with van der Waals surface area (Å²) in [4.78, 5) is 22.5. The first-order valence-electron chi connectivity index (χ1n) is 7.25. The average Bonchev–Trinajstić information content (AvgIpc) is 2.99. The topological polar surface area (TPSA) is 78.4 Å². The number of carbonyl (C=O) groups excluding carboxylic acids is 1. The van der Waals surface area contributed by atoms with Crippen LogP contribution in [0.1, 0.15) is 10.4 Å². The summed E-state index contributed by atoms with van der Waals surface area (Å²) >= 11 is 0. The Hall–Kier alpha value is -2.47. The molecule has 1 fully saturated rings. The Morgan fingerprint density at radius 3 is 2.77 bits per heavy atom. The van der Waals surface area contributed by atoms with Crippen LogP contribution in [-0.4, -0.2) is 46.7 Å². The van der Waals surface area contributed by atoms with Gasteiger partial charge in [0.25, 0.3) is 5.91 Å². The van der Waals surface area contributed by atoms with E-state index in [4.69, 9.17) is 0 Å². The lowest BCUT2D eigenvalue weighted by Gasteiger charge is -2.18. The predicted molar refractivity (Wildman–Crippen MR) is 82.5 cm³/mol. The summed E-state index contributed by atoms with van der Waals surface area (Å²) < 4.78 is 0. The summed E-state index contributed by atoms with van der Waals surface area (Å²) in [5.74, 6) is 0.682. The number of rotatable bonds is 4. The largest absolute Gasteiger partial charge is 0.396 e. The smallest absolute Gasteiger partial charge is 0.251 e. The molecule has 2 atom stereocenters. The van der Waals surface area contributed by atoms with Crippen molar-refractivity contribution < 1.29 is 9.90 Å².